The van der Waals surface area contributed by atoms with E-state index in [4.69, 9.17) is 16.3 Å². The monoisotopic (exact) mass is 358 g/mol. The number of ether oxygens (including phenoxy) is 1. The van der Waals surface area contributed by atoms with E-state index in [0.717, 1.165) is 55.1 Å². The highest BCUT2D eigenvalue weighted by atomic mass is 35.5. The van der Waals surface area contributed by atoms with Gasteiger partial charge in [0.15, 0.2) is 5.82 Å². The molecule has 5 rings (SSSR count). The lowest BCUT2D eigenvalue weighted by Crippen LogP contribution is -2.51. The van der Waals surface area contributed by atoms with Crippen molar-refractivity contribution in [1.29, 1.82) is 0 Å². The molecule has 0 aliphatic carbocycles. The molecule has 2 aliphatic rings. The first-order valence-corrected chi connectivity index (χ1v) is 9.03. The minimum Gasteiger partial charge on any atom is -0.378 e. The number of likely N-dealkylation sites (tertiary alicyclic amines) is 1. The van der Waals surface area contributed by atoms with E-state index in [2.05, 4.69) is 31.5 Å². The zero-order chi connectivity index (χ0) is 16.8. The number of hydrogen-bond acceptors (Lipinski definition) is 5. The summed E-state index contributed by atoms with van der Waals surface area (Å²) in [7, 11) is 0. The second-order valence-corrected chi connectivity index (χ2v) is 7.23. The molecule has 130 valence electrons. The second kappa shape index (κ2) is 6.09. The molecule has 0 bridgehead atoms. The third-order valence-electron chi connectivity index (χ3n) is 5.41. The molecule has 2 saturated heterocycles. The molecule has 2 aliphatic heterocycles. The molecule has 1 N–H and O–H groups in total. The number of benzene rings is 1. The summed E-state index contributed by atoms with van der Waals surface area (Å²) < 4.78 is 7.13. The van der Waals surface area contributed by atoms with Crippen molar-refractivity contribution in [3.63, 3.8) is 0 Å². The molecular weight excluding hydrogens is 340 g/mol. The Morgan fingerprint density at radius 3 is 2.72 bits per heavy atom. The van der Waals surface area contributed by atoms with Gasteiger partial charge in [0, 0.05) is 10.4 Å². The smallest absolute Gasteiger partial charge is 0.195 e. The molecule has 2 aromatic heterocycles. The minimum absolute atomic E-state index is 0.481. The van der Waals surface area contributed by atoms with Gasteiger partial charge in [-0.1, -0.05) is 16.8 Å². The van der Waals surface area contributed by atoms with Crippen molar-refractivity contribution in [3.8, 4) is 5.82 Å². The van der Waals surface area contributed by atoms with Gasteiger partial charge in [0.25, 0.3) is 0 Å². The summed E-state index contributed by atoms with van der Waals surface area (Å²) in [4.78, 5) is 2.55. The molecule has 3 aromatic rings. The summed E-state index contributed by atoms with van der Waals surface area (Å²) in [6.07, 6.45) is 5.80. The molecule has 0 amide bonds. The van der Waals surface area contributed by atoms with Gasteiger partial charge in [-0.2, -0.15) is 5.10 Å². The van der Waals surface area contributed by atoms with Crippen LogP contribution in [0.4, 0.5) is 0 Å². The predicted octanol–water partition coefficient (Wildman–Crippen LogP) is 2.38. The topological polar surface area (TPSA) is 71.9 Å². The summed E-state index contributed by atoms with van der Waals surface area (Å²) in [5.41, 5.74) is 2.23. The van der Waals surface area contributed by atoms with Crippen molar-refractivity contribution < 1.29 is 4.74 Å². The first-order chi connectivity index (χ1) is 12.3. The van der Waals surface area contributed by atoms with E-state index in [9.17, 15) is 0 Å². The van der Waals surface area contributed by atoms with Crippen LogP contribution < -0.4 is 0 Å². The maximum atomic E-state index is 6.60. The Kier molecular flexibility index (Phi) is 3.73. The Labute approximate surface area is 149 Å². The summed E-state index contributed by atoms with van der Waals surface area (Å²) >= 11 is 6.60. The third-order valence-corrected chi connectivity index (χ3v) is 5.74. The van der Waals surface area contributed by atoms with Crippen LogP contribution >= 0.6 is 11.6 Å². The number of halogens is 1. The number of nitrogens with one attached hydrogen (secondary N) is 1. The highest BCUT2D eigenvalue weighted by Gasteiger charge is 2.30. The van der Waals surface area contributed by atoms with Crippen molar-refractivity contribution in [2.75, 3.05) is 26.3 Å². The van der Waals surface area contributed by atoms with Gasteiger partial charge < -0.3 is 4.74 Å². The van der Waals surface area contributed by atoms with Gasteiger partial charge in [0.05, 0.1) is 37.2 Å². The van der Waals surface area contributed by atoms with Crippen molar-refractivity contribution in [3.05, 3.63) is 35.1 Å². The van der Waals surface area contributed by atoms with Crippen molar-refractivity contribution >= 4 is 22.5 Å². The van der Waals surface area contributed by atoms with Crippen LogP contribution in [0, 0.1) is 0 Å². The van der Waals surface area contributed by atoms with E-state index < -0.39 is 0 Å². The Balaban J connectivity index is 1.45. The fourth-order valence-electron chi connectivity index (χ4n) is 3.87. The van der Waals surface area contributed by atoms with Crippen molar-refractivity contribution in [2.45, 2.75) is 24.8 Å². The molecule has 0 unspecified atom stereocenters. The highest BCUT2D eigenvalue weighted by molar-refractivity contribution is 6.32. The van der Waals surface area contributed by atoms with Gasteiger partial charge in [0.1, 0.15) is 0 Å². The molecule has 1 aromatic carbocycles. The first-order valence-electron chi connectivity index (χ1n) is 8.65. The Bertz CT molecular complexity index is 880. The van der Waals surface area contributed by atoms with E-state index in [1.807, 2.05) is 12.3 Å². The van der Waals surface area contributed by atoms with Gasteiger partial charge in [-0.3, -0.25) is 10.00 Å². The average molecular weight is 359 g/mol. The van der Waals surface area contributed by atoms with E-state index in [1.54, 1.807) is 10.9 Å². The number of nitrogens with zero attached hydrogens (tertiary/aromatic N) is 5. The maximum Gasteiger partial charge on any atom is 0.195 e. The molecule has 7 nitrogen and oxygen atoms in total. The zero-order valence-electron chi connectivity index (χ0n) is 13.7. The zero-order valence-corrected chi connectivity index (χ0v) is 14.5. The van der Waals surface area contributed by atoms with Crippen LogP contribution in [-0.2, 0) is 4.74 Å². The van der Waals surface area contributed by atoms with E-state index in [-0.39, 0.29) is 0 Å². The molecule has 25 heavy (non-hydrogen) atoms. The lowest BCUT2D eigenvalue weighted by atomic mass is 9.88. The van der Waals surface area contributed by atoms with E-state index in [1.165, 1.54) is 5.56 Å². The van der Waals surface area contributed by atoms with E-state index in [0.29, 0.717) is 17.8 Å². The predicted molar refractivity (Wildman–Crippen MR) is 94.2 cm³/mol. The summed E-state index contributed by atoms with van der Waals surface area (Å²) in [5.74, 6) is 1.16. The average Bonchev–Trinajstić information content (AvgIpc) is 3.22. The summed E-state index contributed by atoms with van der Waals surface area (Å²) in [5, 5.41) is 16.9. The van der Waals surface area contributed by atoms with Crippen LogP contribution in [0.5, 0.6) is 0 Å². The largest absolute Gasteiger partial charge is 0.378 e. The molecule has 0 spiro atoms. The molecule has 0 atom stereocenters. The number of aromatic nitrogens is 5. The fraction of sp³-hybridized carbons (Fsp3) is 0.471. The molecule has 0 radical (unpaired) electrons. The van der Waals surface area contributed by atoms with Crippen LogP contribution in [0.3, 0.4) is 0 Å². The van der Waals surface area contributed by atoms with Crippen LogP contribution in [0.1, 0.15) is 24.3 Å². The number of fused-ring (bicyclic) bond motifs is 1. The normalized spacial score (nSPS) is 20.2. The number of H-pyrrole nitrogens is 1. The number of aromatic amines is 1. The van der Waals surface area contributed by atoms with Gasteiger partial charge in [0.2, 0.25) is 0 Å². The lowest BCUT2D eigenvalue weighted by Gasteiger charge is -2.41. The number of rotatable bonds is 3. The van der Waals surface area contributed by atoms with Crippen LogP contribution in [0.25, 0.3) is 16.7 Å². The maximum absolute atomic E-state index is 6.60. The SMILES string of the molecule is Clc1cc2cnn(-c3c[nH]nn3)c2cc1C1CCN(C2COC2)CC1. The fourth-order valence-corrected chi connectivity index (χ4v) is 4.19. The quantitative estimate of drug-likeness (QED) is 0.778. The second-order valence-electron chi connectivity index (χ2n) is 6.82. The van der Waals surface area contributed by atoms with Crippen molar-refractivity contribution in [2.24, 2.45) is 0 Å². The van der Waals surface area contributed by atoms with Gasteiger partial charge in [-0.25, -0.2) is 4.68 Å². The molecule has 4 heterocycles. The Morgan fingerprint density at radius 1 is 1.20 bits per heavy atom. The van der Waals surface area contributed by atoms with Gasteiger partial charge in [-0.15, -0.1) is 5.10 Å². The number of hydrogen-bond donors (Lipinski definition) is 1. The minimum atomic E-state index is 0.481. The van der Waals surface area contributed by atoms with Gasteiger partial charge >= 0.3 is 0 Å². The van der Waals surface area contributed by atoms with Crippen LogP contribution in [0.2, 0.25) is 5.02 Å². The summed E-state index contributed by atoms with van der Waals surface area (Å²) in [6.45, 7) is 3.98. The first kappa shape index (κ1) is 15.3. The van der Waals surface area contributed by atoms with Crippen LogP contribution in [0.15, 0.2) is 24.5 Å². The summed E-state index contributed by atoms with van der Waals surface area (Å²) in [6, 6.07) is 4.81. The van der Waals surface area contributed by atoms with E-state index >= 15 is 0 Å². The molecular formula is C17H19ClN6O. The molecule has 8 heteroatoms. The molecule has 0 saturated carbocycles. The van der Waals surface area contributed by atoms with Crippen molar-refractivity contribution in [1.82, 2.24) is 30.1 Å². The standard InChI is InChI=1S/C17H19ClN6O/c18-15-5-12-7-20-24(17-8-19-22-21-17)16(12)6-14(15)11-1-3-23(4-2-11)13-9-25-10-13/h5-8,11,13H,1-4,9-10H2,(H,19,21,22). The number of piperidine rings is 1. The van der Waals surface area contributed by atoms with Crippen LogP contribution in [-0.4, -0.2) is 62.4 Å². The molecule has 2 fully saturated rings. The lowest BCUT2D eigenvalue weighted by molar-refractivity contribution is -0.0712. The Hall–Kier alpha value is -1.96. The Morgan fingerprint density at radius 2 is 2.04 bits per heavy atom. The highest BCUT2D eigenvalue weighted by Crippen LogP contribution is 2.36. The van der Waals surface area contributed by atoms with Gasteiger partial charge in [-0.05, 0) is 49.5 Å². The third kappa shape index (κ3) is 2.63.